The van der Waals surface area contributed by atoms with E-state index in [0.717, 1.165) is 36.9 Å². The van der Waals surface area contributed by atoms with Crippen molar-refractivity contribution in [3.05, 3.63) is 41.0 Å². The van der Waals surface area contributed by atoms with Crippen molar-refractivity contribution >= 4 is 5.97 Å². The molecule has 110 valence electrons. The standard InChI is InChI=1S/C15H15FN2O3/c1-21-13-8-9(6-7-11(13)16)18-12-5-3-2-4-10(12)14(17-18)15(19)20/h6-8H,2-5H2,1H3,(H,19,20). The third-order valence-corrected chi connectivity index (χ3v) is 3.76. The first kappa shape index (κ1) is 13.6. The molecule has 1 aliphatic rings. The van der Waals surface area contributed by atoms with Crippen molar-refractivity contribution < 1.29 is 19.0 Å². The third-order valence-electron chi connectivity index (χ3n) is 3.76. The first-order valence-corrected chi connectivity index (χ1v) is 6.80. The van der Waals surface area contributed by atoms with Crippen molar-refractivity contribution in [3.8, 4) is 11.4 Å². The molecule has 5 nitrogen and oxygen atoms in total. The van der Waals surface area contributed by atoms with E-state index in [2.05, 4.69) is 5.10 Å². The molecular formula is C15H15FN2O3. The van der Waals surface area contributed by atoms with Crippen LogP contribution < -0.4 is 4.74 Å². The molecule has 1 heterocycles. The minimum Gasteiger partial charge on any atom is -0.494 e. The number of nitrogens with zero attached hydrogens (tertiary/aromatic N) is 2. The molecule has 6 heteroatoms. The van der Waals surface area contributed by atoms with Crippen LogP contribution in [0.4, 0.5) is 4.39 Å². The summed E-state index contributed by atoms with van der Waals surface area (Å²) in [5.41, 5.74) is 2.39. The fraction of sp³-hybridized carbons (Fsp3) is 0.333. The number of fused-ring (bicyclic) bond motifs is 1. The zero-order valence-electron chi connectivity index (χ0n) is 11.6. The zero-order valence-corrected chi connectivity index (χ0v) is 11.6. The van der Waals surface area contributed by atoms with Crippen molar-refractivity contribution in [2.45, 2.75) is 25.7 Å². The molecule has 0 atom stereocenters. The van der Waals surface area contributed by atoms with Crippen LogP contribution in [0.2, 0.25) is 0 Å². The number of carboxylic acid groups (broad SMARTS) is 1. The number of halogens is 1. The highest BCUT2D eigenvalue weighted by molar-refractivity contribution is 5.87. The highest BCUT2D eigenvalue weighted by Crippen LogP contribution is 2.28. The number of hydrogen-bond acceptors (Lipinski definition) is 3. The molecule has 0 bridgehead atoms. The van der Waals surface area contributed by atoms with Crippen LogP contribution in [-0.2, 0) is 12.8 Å². The van der Waals surface area contributed by atoms with Crippen LogP contribution in [0.5, 0.6) is 5.75 Å². The molecule has 0 saturated carbocycles. The maximum atomic E-state index is 13.5. The molecule has 0 saturated heterocycles. The largest absolute Gasteiger partial charge is 0.494 e. The summed E-state index contributed by atoms with van der Waals surface area (Å²) in [6.45, 7) is 0. The summed E-state index contributed by atoms with van der Waals surface area (Å²) >= 11 is 0. The van der Waals surface area contributed by atoms with Crippen molar-refractivity contribution in [1.29, 1.82) is 0 Å². The van der Waals surface area contributed by atoms with Gasteiger partial charge in [-0.15, -0.1) is 0 Å². The molecular weight excluding hydrogens is 275 g/mol. The quantitative estimate of drug-likeness (QED) is 0.943. The average molecular weight is 290 g/mol. The Labute approximate surface area is 121 Å². The maximum absolute atomic E-state index is 13.5. The summed E-state index contributed by atoms with van der Waals surface area (Å²) in [5.74, 6) is -1.37. The predicted octanol–water partition coefficient (Wildman–Crippen LogP) is 2.60. The lowest BCUT2D eigenvalue weighted by atomic mass is 9.95. The number of benzene rings is 1. The highest BCUT2D eigenvalue weighted by Gasteiger charge is 2.25. The van der Waals surface area contributed by atoms with E-state index in [-0.39, 0.29) is 11.4 Å². The van der Waals surface area contributed by atoms with Crippen molar-refractivity contribution in [2.75, 3.05) is 7.11 Å². The lowest BCUT2D eigenvalue weighted by molar-refractivity contribution is 0.0688. The van der Waals surface area contributed by atoms with Crippen LogP contribution in [-0.4, -0.2) is 28.0 Å². The Morgan fingerprint density at radius 2 is 2.14 bits per heavy atom. The van der Waals surface area contributed by atoms with Crippen molar-refractivity contribution in [3.63, 3.8) is 0 Å². The van der Waals surface area contributed by atoms with E-state index in [4.69, 9.17) is 4.74 Å². The van der Waals surface area contributed by atoms with Crippen LogP contribution in [0.3, 0.4) is 0 Å². The molecule has 3 rings (SSSR count). The fourth-order valence-electron chi connectivity index (χ4n) is 2.76. The second kappa shape index (κ2) is 5.20. The summed E-state index contributed by atoms with van der Waals surface area (Å²) < 4.78 is 20.1. The molecule has 1 aromatic carbocycles. The Kier molecular flexibility index (Phi) is 3.37. The van der Waals surface area contributed by atoms with Crippen LogP contribution >= 0.6 is 0 Å². The second-order valence-corrected chi connectivity index (χ2v) is 5.02. The van der Waals surface area contributed by atoms with Gasteiger partial charge in [-0.2, -0.15) is 5.10 Å². The number of ether oxygens (including phenoxy) is 1. The van der Waals surface area contributed by atoms with Gasteiger partial charge in [-0.25, -0.2) is 13.9 Å². The number of carboxylic acids is 1. The Bertz CT molecular complexity index is 709. The van der Waals surface area contributed by atoms with Gasteiger partial charge in [0.25, 0.3) is 0 Å². The molecule has 1 aromatic heterocycles. The number of aromatic nitrogens is 2. The Hall–Kier alpha value is -2.37. The minimum atomic E-state index is -1.03. The van der Waals surface area contributed by atoms with Gasteiger partial charge in [-0.05, 0) is 37.8 Å². The molecule has 1 N–H and O–H groups in total. The van der Waals surface area contributed by atoms with Crippen LogP contribution in [0.25, 0.3) is 5.69 Å². The summed E-state index contributed by atoms with van der Waals surface area (Å²) in [4.78, 5) is 11.3. The summed E-state index contributed by atoms with van der Waals surface area (Å²) in [7, 11) is 1.39. The van der Waals surface area contributed by atoms with Gasteiger partial charge in [-0.1, -0.05) is 0 Å². The van der Waals surface area contributed by atoms with E-state index in [1.165, 1.54) is 19.2 Å². The number of rotatable bonds is 3. The molecule has 0 unspecified atom stereocenters. The van der Waals surface area contributed by atoms with E-state index in [1.807, 2.05) is 0 Å². The SMILES string of the molecule is COc1cc(-n2nc(C(=O)O)c3c2CCCC3)ccc1F. The Morgan fingerprint density at radius 1 is 1.38 bits per heavy atom. The van der Waals surface area contributed by atoms with E-state index in [9.17, 15) is 14.3 Å². The zero-order chi connectivity index (χ0) is 15.0. The number of hydrogen-bond donors (Lipinski definition) is 1. The molecule has 0 spiro atoms. The summed E-state index contributed by atoms with van der Waals surface area (Å²) in [5, 5.41) is 13.5. The lowest BCUT2D eigenvalue weighted by Gasteiger charge is -2.14. The smallest absolute Gasteiger partial charge is 0.356 e. The van der Waals surface area contributed by atoms with E-state index in [1.54, 1.807) is 10.7 Å². The third kappa shape index (κ3) is 2.26. The molecule has 1 aliphatic carbocycles. The molecule has 0 radical (unpaired) electrons. The molecule has 0 aliphatic heterocycles. The normalized spacial score (nSPS) is 13.8. The van der Waals surface area contributed by atoms with Gasteiger partial charge in [0.2, 0.25) is 0 Å². The van der Waals surface area contributed by atoms with Gasteiger partial charge < -0.3 is 9.84 Å². The Balaban J connectivity index is 2.16. The summed E-state index contributed by atoms with van der Waals surface area (Å²) in [6.07, 6.45) is 3.45. The van der Waals surface area contributed by atoms with E-state index >= 15 is 0 Å². The van der Waals surface area contributed by atoms with Crippen LogP contribution in [0, 0.1) is 5.82 Å². The Morgan fingerprint density at radius 3 is 2.86 bits per heavy atom. The van der Waals surface area contributed by atoms with Crippen molar-refractivity contribution in [1.82, 2.24) is 9.78 Å². The number of aromatic carboxylic acids is 1. The molecule has 0 fully saturated rings. The number of methoxy groups -OCH3 is 1. The first-order valence-electron chi connectivity index (χ1n) is 6.80. The van der Waals surface area contributed by atoms with E-state index in [0.29, 0.717) is 5.69 Å². The van der Waals surface area contributed by atoms with Gasteiger partial charge >= 0.3 is 5.97 Å². The van der Waals surface area contributed by atoms with E-state index < -0.39 is 11.8 Å². The topological polar surface area (TPSA) is 64.4 Å². The first-order chi connectivity index (χ1) is 10.1. The lowest BCUT2D eigenvalue weighted by Crippen LogP contribution is -2.08. The summed E-state index contributed by atoms with van der Waals surface area (Å²) in [6, 6.07) is 4.40. The van der Waals surface area contributed by atoms with Gasteiger partial charge in [0.05, 0.1) is 12.8 Å². The number of carbonyl (C=O) groups is 1. The fourth-order valence-corrected chi connectivity index (χ4v) is 2.76. The predicted molar refractivity (Wildman–Crippen MR) is 73.7 cm³/mol. The monoisotopic (exact) mass is 290 g/mol. The van der Waals surface area contributed by atoms with Gasteiger partial charge in [0.15, 0.2) is 17.3 Å². The second-order valence-electron chi connectivity index (χ2n) is 5.02. The van der Waals surface area contributed by atoms with Crippen LogP contribution in [0.15, 0.2) is 18.2 Å². The van der Waals surface area contributed by atoms with Crippen LogP contribution in [0.1, 0.15) is 34.6 Å². The molecule has 2 aromatic rings. The van der Waals surface area contributed by atoms with Crippen molar-refractivity contribution in [2.24, 2.45) is 0 Å². The maximum Gasteiger partial charge on any atom is 0.356 e. The minimum absolute atomic E-state index is 0.0907. The van der Waals surface area contributed by atoms with Gasteiger partial charge in [-0.3, -0.25) is 0 Å². The molecule has 21 heavy (non-hydrogen) atoms. The highest BCUT2D eigenvalue weighted by atomic mass is 19.1. The molecule has 0 amide bonds. The average Bonchev–Trinajstić information content (AvgIpc) is 2.88. The van der Waals surface area contributed by atoms with Gasteiger partial charge in [0.1, 0.15) is 0 Å². The van der Waals surface area contributed by atoms with Gasteiger partial charge in [0, 0.05) is 17.3 Å².